The van der Waals surface area contributed by atoms with Crippen LogP contribution in [-0.4, -0.2) is 40.2 Å². The first-order valence-corrected chi connectivity index (χ1v) is 7.98. The van der Waals surface area contributed by atoms with Crippen molar-refractivity contribution >= 4 is 11.6 Å². The molecule has 24 heavy (non-hydrogen) atoms. The maximum atomic E-state index is 5.81. The van der Waals surface area contributed by atoms with E-state index in [1.807, 2.05) is 13.0 Å². The number of nitrogens with two attached hydrogens (primary N) is 1. The monoisotopic (exact) mass is 323 g/mol. The molecule has 1 saturated heterocycles. The van der Waals surface area contributed by atoms with Crippen LogP contribution in [0.1, 0.15) is 30.7 Å². The van der Waals surface area contributed by atoms with E-state index in [4.69, 9.17) is 10.5 Å². The number of anilines is 2. The molecule has 2 unspecified atom stereocenters. The highest BCUT2D eigenvalue weighted by Gasteiger charge is 2.25. The summed E-state index contributed by atoms with van der Waals surface area (Å²) < 4.78 is 5.81. The van der Waals surface area contributed by atoms with E-state index in [1.165, 1.54) is 0 Å². The van der Waals surface area contributed by atoms with Crippen molar-refractivity contribution in [1.29, 1.82) is 0 Å². The van der Waals surface area contributed by atoms with Gasteiger partial charge in [0.1, 0.15) is 18.0 Å². The van der Waals surface area contributed by atoms with E-state index in [1.54, 1.807) is 18.6 Å². The fourth-order valence-electron chi connectivity index (χ4n) is 2.81. The van der Waals surface area contributed by atoms with Gasteiger partial charge in [0.2, 0.25) is 0 Å². The Balaban J connectivity index is 1.95. The molecule has 0 bridgehead atoms. The van der Waals surface area contributed by atoms with Crippen molar-refractivity contribution in [1.82, 2.24) is 15.0 Å². The first-order chi connectivity index (χ1) is 11.5. The predicted octanol–water partition coefficient (Wildman–Crippen LogP) is 1.78. The van der Waals surface area contributed by atoms with Gasteiger partial charge in [-0.25, -0.2) is 15.0 Å². The average molecular weight is 323 g/mol. The van der Waals surface area contributed by atoms with E-state index in [9.17, 15) is 0 Å². The van der Waals surface area contributed by atoms with Crippen molar-refractivity contribution in [2.45, 2.75) is 33.0 Å². The van der Waals surface area contributed by atoms with Gasteiger partial charge in [0.15, 0.2) is 0 Å². The molecule has 2 atom stereocenters. The molecule has 1 aliphatic rings. The van der Waals surface area contributed by atoms with Crippen LogP contribution in [0.5, 0.6) is 0 Å². The van der Waals surface area contributed by atoms with E-state index >= 15 is 0 Å². The Morgan fingerprint density at radius 2 is 1.88 bits per heavy atom. The van der Waals surface area contributed by atoms with Crippen LogP contribution < -0.4 is 10.6 Å². The normalized spacial score (nSPS) is 20.4. The molecule has 0 saturated carbocycles. The van der Waals surface area contributed by atoms with E-state index in [-0.39, 0.29) is 12.2 Å². The van der Waals surface area contributed by atoms with Crippen molar-refractivity contribution in [2.24, 2.45) is 0 Å². The number of hydrogen-bond donors (Lipinski definition) is 1. The van der Waals surface area contributed by atoms with Crippen LogP contribution in [0, 0.1) is 18.8 Å². The third kappa shape index (κ3) is 3.63. The van der Waals surface area contributed by atoms with Crippen LogP contribution >= 0.6 is 0 Å². The molecule has 0 radical (unpaired) electrons. The minimum absolute atomic E-state index is 0.158. The fraction of sp³-hybridized carbons (Fsp3) is 0.389. The SMILES string of the molecule is Cc1ncnc(N2CC(C)OC(C)C2)c1C#Cc1ccc(N)nc1. The fourth-order valence-corrected chi connectivity index (χ4v) is 2.81. The third-order valence-corrected chi connectivity index (χ3v) is 3.85. The lowest BCUT2D eigenvalue weighted by molar-refractivity contribution is -0.00548. The maximum absolute atomic E-state index is 5.81. The minimum Gasteiger partial charge on any atom is -0.384 e. The molecule has 6 heteroatoms. The molecule has 2 aromatic heterocycles. The molecule has 0 spiro atoms. The Hall–Kier alpha value is -2.65. The number of aryl methyl sites for hydroxylation is 1. The van der Waals surface area contributed by atoms with Gasteiger partial charge >= 0.3 is 0 Å². The lowest BCUT2D eigenvalue weighted by Crippen LogP contribution is -2.46. The van der Waals surface area contributed by atoms with E-state index in [0.717, 1.165) is 35.7 Å². The van der Waals surface area contributed by atoms with Crippen LogP contribution in [-0.2, 0) is 4.74 Å². The zero-order chi connectivity index (χ0) is 17.1. The standard InChI is InChI=1S/C18H21N5O/c1-12-9-23(10-13(2)24-12)18-16(14(3)21-11-22-18)6-4-15-5-7-17(19)20-8-15/h5,7-8,11-13H,9-10H2,1-3H3,(H2,19,20). The molecule has 1 fully saturated rings. The highest BCUT2D eigenvalue weighted by atomic mass is 16.5. The molecule has 3 heterocycles. The second kappa shape index (κ2) is 6.85. The van der Waals surface area contributed by atoms with Crippen molar-refractivity contribution in [3.63, 3.8) is 0 Å². The number of nitrogen functional groups attached to an aromatic ring is 1. The Morgan fingerprint density at radius 1 is 1.12 bits per heavy atom. The summed E-state index contributed by atoms with van der Waals surface area (Å²) in [6, 6.07) is 3.59. The zero-order valence-electron chi connectivity index (χ0n) is 14.2. The van der Waals surface area contributed by atoms with Gasteiger partial charge in [0.05, 0.1) is 23.5 Å². The summed E-state index contributed by atoms with van der Waals surface area (Å²) >= 11 is 0. The molecule has 0 aliphatic carbocycles. The molecule has 1 aliphatic heterocycles. The van der Waals surface area contributed by atoms with Gasteiger partial charge in [-0.05, 0) is 32.9 Å². The molecule has 124 valence electrons. The van der Waals surface area contributed by atoms with Crippen molar-refractivity contribution in [3.8, 4) is 11.8 Å². The Labute approximate surface area is 142 Å². The number of rotatable bonds is 1. The summed E-state index contributed by atoms with van der Waals surface area (Å²) in [5.74, 6) is 7.68. The van der Waals surface area contributed by atoms with Crippen molar-refractivity contribution in [3.05, 3.63) is 41.5 Å². The van der Waals surface area contributed by atoms with Crippen molar-refractivity contribution < 1.29 is 4.74 Å². The number of nitrogens with zero attached hydrogens (tertiary/aromatic N) is 4. The zero-order valence-corrected chi connectivity index (χ0v) is 14.2. The smallest absolute Gasteiger partial charge is 0.148 e. The minimum atomic E-state index is 0.158. The quantitative estimate of drug-likeness (QED) is 0.806. The summed E-state index contributed by atoms with van der Waals surface area (Å²) in [5, 5.41) is 0. The van der Waals surface area contributed by atoms with E-state index < -0.39 is 0 Å². The lowest BCUT2D eigenvalue weighted by atomic mass is 10.1. The first-order valence-electron chi connectivity index (χ1n) is 7.98. The van der Waals surface area contributed by atoms with Gasteiger partial charge < -0.3 is 15.4 Å². The largest absolute Gasteiger partial charge is 0.384 e. The van der Waals surface area contributed by atoms with Crippen LogP contribution in [0.15, 0.2) is 24.7 Å². The first kappa shape index (κ1) is 16.2. The summed E-state index contributed by atoms with van der Waals surface area (Å²) in [6.45, 7) is 7.67. The van der Waals surface area contributed by atoms with Crippen LogP contribution in [0.25, 0.3) is 0 Å². The molecule has 0 amide bonds. The summed E-state index contributed by atoms with van der Waals surface area (Å²) in [6.07, 6.45) is 3.57. The second-order valence-electron chi connectivity index (χ2n) is 6.04. The van der Waals surface area contributed by atoms with Crippen molar-refractivity contribution in [2.75, 3.05) is 23.7 Å². The Kier molecular flexibility index (Phi) is 4.63. The average Bonchev–Trinajstić information content (AvgIpc) is 2.54. The molecule has 3 rings (SSSR count). The second-order valence-corrected chi connectivity index (χ2v) is 6.04. The van der Waals surface area contributed by atoms with Crippen LogP contribution in [0.3, 0.4) is 0 Å². The van der Waals surface area contributed by atoms with Gasteiger partial charge in [0, 0.05) is 24.8 Å². The van der Waals surface area contributed by atoms with Gasteiger partial charge in [-0.3, -0.25) is 0 Å². The van der Waals surface area contributed by atoms with E-state index in [2.05, 4.69) is 45.5 Å². The van der Waals surface area contributed by atoms with Gasteiger partial charge in [-0.1, -0.05) is 11.8 Å². The van der Waals surface area contributed by atoms with Gasteiger partial charge in [0.25, 0.3) is 0 Å². The molecule has 0 aromatic carbocycles. The number of morpholine rings is 1. The highest BCUT2D eigenvalue weighted by molar-refractivity contribution is 5.59. The lowest BCUT2D eigenvalue weighted by Gasteiger charge is -2.36. The van der Waals surface area contributed by atoms with Gasteiger partial charge in [-0.2, -0.15) is 0 Å². The summed E-state index contributed by atoms with van der Waals surface area (Å²) in [5.41, 5.74) is 8.12. The maximum Gasteiger partial charge on any atom is 0.148 e. The highest BCUT2D eigenvalue weighted by Crippen LogP contribution is 2.23. The Morgan fingerprint density at radius 3 is 2.54 bits per heavy atom. The molecule has 6 nitrogen and oxygen atoms in total. The molecular formula is C18H21N5O. The Bertz CT molecular complexity index is 768. The summed E-state index contributed by atoms with van der Waals surface area (Å²) in [7, 11) is 0. The molecular weight excluding hydrogens is 302 g/mol. The predicted molar refractivity (Wildman–Crippen MR) is 93.6 cm³/mol. The number of ether oxygens (including phenoxy) is 1. The van der Waals surface area contributed by atoms with E-state index in [0.29, 0.717) is 5.82 Å². The number of hydrogen-bond acceptors (Lipinski definition) is 6. The summed E-state index contributed by atoms with van der Waals surface area (Å²) in [4.78, 5) is 15.1. The van der Waals surface area contributed by atoms with Gasteiger partial charge in [-0.15, -0.1) is 0 Å². The number of aromatic nitrogens is 3. The third-order valence-electron chi connectivity index (χ3n) is 3.85. The van der Waals surface area contributed by atoms with Crippen LogP contribution in [0.2, 0.25) is 0 Å². The molecule has 2 aromatic rings. The molecule has 2 N–H and O–H groups in total. The van der Waals surface area contributed by atoms with Crippen LogP contribution in [0.4, 0.5) is 11.6 Å². The number of pyridine rings is 1. The topological polar surface area (TPSA) is 77.2 Å².